The van der Waals surface area contributed by atoms with E-state index in [9.17, 15) is 9.59 Å². The Morgan fingerprint density at radius 2 is 1.70 bits per heavy atom. The van der Waals surface area contributed by atoms with Crippen LogP contribution in [0.5, 0.6) is 0 Å². The van der Waals surface area contributed by atoms with Crippen molar-refractivity contribution in [1.29, 1.82) is 0 Å². The van der Waals surface area contributed by atoms with Crippen molar-refractivity contribution in [2.24, 2.45) is 11.8 Å². The van der Waals surface area contributed by atoms with E-state index in [1.807, 2.05) is 67.7 Å². The SMILES string of the molecule is COC(=O)[C@@H](CC(=O)[C@@H](C)Cc1ccccc1)Cc1c[nH]c2ccccc12. The van der Waals surface area contributed by atoms with E-state index in [2.05, 4.69) is 4.98 Å². The number of aromatic amines is 1. The first-order chi connectivity index (χ1) is 13.1. The second kappa shape index (κ2) is 8.67. The molecule has 0 aliphatic carbocycles. The summed E-state index contributed by atoms with van der Waals surface area (Å²) in [5.41, 5.74) is 3.19. The van der Waals surface area contributed by atoms with Crippen LogP contribution in [0, 0.1) is 11.8 Å². The number of ether oxygens (including phenoxy) is 1. The third-order valence-electron chi connectivity index (χ3n) is 5.06. The summed E-state index contributed by atoms with van der Waals surface area (Å²) < 4.78 is 4.97. The van der Waals surface area contributed by atoms with Gasteiger partial charge in [-0.1, -0.05) is 55.5 Å². The monoisotopic (exact) mass is 363 g/mol. The molecule has 0 saturated heterocycles. The van der Waals surface area contributed by atoms with Gasteiger partial charge in [-0.3, -0.25) is 9.59 Å². The van der Waals surface area contributed by atoms with Gasteiger partial charge in [-0.15, -0.1) is 0 Å². The van der Waals surface area contributed by atoms with Crippen molar-refractivity contribution >= 4 is 22.7 Å². The van der Waals surface area contributed by atoms with Gasteiger partial charge in [0.15, 0.2) is 0 Å². The molecule has 1 heterocycles. The molecule has 0 unspecified atom stereocenters. The van der Waals surface area contributed by atoms with Crippen molar-refractivity contribution in [2.75, 3.05) is 7.11 Å². The number of fused-ring (bicyclic) bond motifs is 1. The van der Waals surface area contributed by atoms with Gasteiger partial charge < -0.3 is 9.72 Å². The number of hydrogen-bond donors (Lipinski definition) is 1. The molecule has 0 aliphatic heterocycles. The number of H-pyrrole nitrogens is 1. The number of carbonyl (C=O) groups is 2. The molecule has 1 aromatic heterocycles. The van der Waals surface area contributed by atoms with E-state index < -0.39 is 5.92 Å². The van der Waals surface area contributed by atoms with Gasteiger partial charge in [-0.2, -0.15) is 0 Å². The first-order valence-corrected chi connectivity index (χ1v) is 9.28. The molecule has 4 nitrogen and oxygen atoms in total. The molecule has 0 bridgehead atoms. The van der Waals surface area contributed by atoms with E-state index in [0.717, 1.165) is 22.0 Å². The summed E-state index contributed by atoms with van der Waals surface area (Å²) in [5, 5.41) is 1.08. The van der Waals surface area contributed by atoms with E-state index in [4.69, 9.17) is 4.74 Å². The molecule has 0 fully saturated rings. The summed E-state index contributed by atoms with van der Waals surface area (Å²) >= 11 is 0. The number of esters is 1. The van der Waals surface area contributed by atoms with E-state index in [1.165, 1.54) is 7.11 Å². The van der Waals surface area contributed by atoms with Crippen LogP contribution in [-0.2, 0) is 27.2 Å². The van der Waals surface area contributed by atoms with Gasteiger partial charge in [0.2, 0.25) is 0 Å². The normalized spacial score (nSPS) is 13.3. The smallest absolute Gasteiger partial charge is 0.309 e. The van der Waals surface area contributed by atoms with Crippen LogP contribution in [0.15, 0.2) is 60.8 Å². The molecule has 0 amide bonds. The van der Waals surface area contributed by atoms with Gasteiger partial charge in [-0.25, -0.2) is 0 Å². The van der Waals surface area contributed by atoms with Gasteiger partial charge >= 0.3 is 5.97 Å². The Labute approximate surface area is 159 Å². The minimum Gasteiger partial charge on any atom is -0.469 e. The van der Waals surface area contributed by atoms with Crippen molar-refractivity contribution in [1.82, 2.24) is 4.98 Å². The highest BCUT2D eigenvalue weighted by Gasteiger charge is 2.26. The Bertz CT molecular complexity index is 914. The van der Waals surface area contributed by atoms with E-state index in [1.54, 1.807) is 0 Å². The fraction of sp³-hybridized carbons (Fsp3) is 0.304. The molecule has 27 heavy (non-hydrogen) atoms. The molecular weight excluding hydrogens is 338 g/mol. The number of methoxy groups -OCH3 is 1. The van der Waals surface area contributed by atoms with Crippen molar-refractivity contribution in [3.63, 3.8) is 0 Å². The topological polar surface area (TPSA) is 59.2 Å². The molecule has 4 heteroatoms. The molecule has 2 atom stereocenters. The van der Waals surface area contributed by atoms with Gasteiger partial charge in [0, 0.05) is 29.4 Å². The summed E-state index contributed by atoms with van der Waals surface area (Å²) in [5.74, 6) is -0.850. The predicted molar refractivity (Wildman–Crippen MR) is 106 cm³/mol. The average molecular weight is 363 g/mol. The summed E-state index contributed by atoms with van der Waals surface area (Å²) in [6.45, 7) is 1.93. The first kappa shape index (κ1) is 18.9. The summed E-state index contributed by atoms with van der Waals surface area (Å²) in [4.78, 5) is 28.3. The number of hydrogen-bond acceptors (Lipinski definition) is 3. The second-order valence-electron chi connectivity index (χ2n) is 7.04. The van der Waals surface area contributed by atoms with Crippen LogP contribution in [0.3, 0.4) is 0 Å². The highest BCUT2D eigenvalue weighted by atomic mass is 16.5. The van der Waals surface area contributed by atoms with Crippen LogP contribution in [0.2, 0.25) is 0 Å². The van der Waals surface area contributed by atoms with Gasteiger partial charge in [0.25, 0.3) is 0 Å². The number of carbonyl (C=O) groups excluding carboxylic acids is 2. The van der Waals surface area contributed by atoms with E-state index >= 15 is 0 Å². The van der Waals surface area contributed by atoms with Crippen LogP contribution < -0.4 is 0 Å². The average Bonchev–Trinajstić information content (AvgIpc) is 3.10. The molecule has 2 aromatic carbocycles. The largest absolute Gasteiger partial charge is 0.469 e. The zero-order valence-corrected chi connectivity index (χ0v) is 15.8. The minimum absolute atomic E-state index is 0.0918. The number of benzene rings is 2. The molecule has 3 rings (SSSR count). The summed E-state index contributed by atoms with van der Waals surface area (Å²) in [6, 6.07) is 17.9. The zero-order valence-electron chi connectivity index (χ0n) is 15.8. The second-order valence-corrected chi connectivity index (χ2v) is 7.04. The molecule has 3 aromatic rings. The fourth-order valence-corrected chi connectivity index (χ4v) is 3.50. The van der Waals surface area contributed by atoms with Crippen LogP contribution in [0.1, 0.15) is 24.5 Å². The molecule has 140 valence electrons. The standard InChI is InChI=1S/C23H25NO3/c1-16(12-17-8-4-3-5-9-17)22(25)14-18(23(26)27-2)13-19-15-24-21-11-7-6-10-20(19)21/h3-11,15-16,18,24H,12-14H2,1-2H3/t16-,18+/m0/s1. The maximum Gasteiger partial charge on any atom is 0.309 e. The lowest BCUT2D eigenvalue weighted by Crippen LogP contribution is -2.25. The molecule has 0 spiro atoms. The van der Waals surface area contributed by atoms with Crippen molar-refractivity contribution < 1.29 is 14.3 Å². The fourth-order valence-electron chi connectivity index (χ4n) is 3.50. The number of rotatable bonds is 8. The van der Waals surface area contributed by atoms with Crippen LogP contribution in [0.25, 0.3) is 10.9 Å². The molecule has 1 N–H and O–H groups in total. The first-order valence-electron chi connectivity index (χ1n) is 9.28. The number of aromatic nitrogens is 1. The maximum absolute atomic E-state index is 12.8. The highest BCUT2D eigenvalue weighted by molar-refractivity contribution is 5.87. The van der Waals surface area contributed by atoms with Crippen LogP contribution in [-0.4, -0.2) is 23.8 Å². The third kappa shape index (κ3) is 4.64. The summed E-state index contributed by atoms with van der Waals surface area (Å²) in [6.07, 6.45) is 3.28. The maximum atomic E-state index is 12.8. The lowest BCUT2D eigenvalue weighted by atomic mass is 9.88. The van der Waals surface area contributed by atoms with E-state index in [-0.39, 0.29) is 24.1 Å². The Balaban J connectivity index is 1.71. The van der Waals surface area contributed by atoms with Gasteiger partial charge in [0.05, 0.1) is 13.0 Å². The van der Waals surface area contributed by atoms with Gasteiger partial charge in [-0.05, 0) is 30.0 Å². The lowest BCUT2D eigenvalue weighted by molar-refractivity contribution is -0.147. The summed E-state index contributed by atoms with van der Waals surface area (Å²) in [7, 11) is 1.38. The molecular formula is C23H25NO3. The van der Waals surface area contributed by atoms with Crippen LogP contribution in [0.4, 0.5) is 0 Å². The molecule has 0 radical (unpaired) electrons. The highest BCUT2D eigenvalue weighted by Crippen LogP contribution is 2.24. The number of nitrogens with one attached hydrogen (secondary N) is 1. The van der Waals surface area contributed by atoms with Gasteiger partial charge in [0.1, 0.15) is 5.78 Å². The molecule has 0 saturated carbocycles. The predicted octanol–water partition coefficient (Wildman–Crippen LogP) is 4.34. The Kier molecular flexibility index (Phi) is 6.07. The Hall–Kier alpha value is -2.88. The van der Waals surface area contributed by atoms with Crippen molar-refractivity contribution in [3.8, 4) is 0 Å². The number of para-hydroxylation sites is 1. The minimum atomic E-state index is -0.472. The third-order valence-corrected chi connectivity index (χ3v) is 5.06. The Morgan fingerprint density at radius 1 is 1.00 bits per heavy atom. The van der Waals surface area contributed by atoms with Crippen LogP contribution >= 0.6 is 0 Å². The van der Waals surface area contributed by atoms with Crippen molar-refractivity contribution in [2.45, 2.75) is 26.2 Å². The van der Waals surface area contributed by atoms with E-state index in [0.29, 0.717) is 12.8 Å². The molecule has 0 aliphatic rings. The Morgan fingerprint density at radius 3 is 2.44 bits per heavy atom. The number of ketones is 1. The number of Topliss-reactive ketones (excluding diaryl/α,β-unsaturated/α-hetero) is 1. The van der Waals surface area contributed by atoms with Crippen molar-refractivity contribution in [3.05, 3.63) is 71.9 Å². The lowest BCUT2D eigenvalue weighted by Gasteiger charge is -2.17. The quantitative estimate of drug-likeness (QED) is 0.606. The zero-order chi connectivity index (χ0) is 19.2.